The molecular formula is C16H16N2O5. The number of carbonyl (C=O) groups excluding carboxylic acids is 2. The van der Waals surface area contributed by atoms with Gasteiger partial charge in [-0.1, -0.05) is 24.3 Å². The number of anilines is 2. The molecule has 2 aromatic carbocycles. The molecule has 0 fully saturated rings. The van der Waals surface area contributed by atoms with Crippen molar-refractivity contribution in [1.29, 1.82) is 0 Å². The molecule has 7 heteroatoms. The number of nitrogens with one attached hydrogen (secondary N) is 2. The van der Waals surface area contributed by atoms with E-state index in [1.807, 2.05) is 0 Å². The van der Waals surface area contributed by atoms with Gasteiger partial charge in [0.25, 0.3) is 0 Å². The maximum Gasteiger partial charge on any atom is 0.250 e. The van der Waals surface area contributed by atoms with Crippen LogP contribution in [0.3, 0.4) is 0 Å². The van der Waals surface area contributed by atoms with Crippen LogP contribution in [-0.2, 0) is 14.3 Å². The van der Waals surface area contributed by atoms with Crippen LogP contribution in [0.5, 0.6) is 11.5 Å². The van der Waals surface area contributed by atoms with E-state index in [1.165, 1.54) is 24.3 Å². The predicted octanol–water partition coefficient (Wildman–Crippen LogP) is 1.69. The molecule has 0 aliphatic heterocycles. The summed E-state index contributed by atoms with van der Waals surface area (Å²) in [6, 6.07) is 12.5. The Bertz CT molecular complexity index is 643. The Morgan fingerprint density at radius 3 is 1.57 bits per heavy atom. The van der Waals surface area contributed by atoms with Gasteiger partial charge in [-0.3, -0.25) is 9.59 Å². The van der Waals surface area contributed by atoms with Gasteiger partial charge in [-0.25, -0.2) is 0 Å². The van der Waals surface area contributed by atoms with E-state index in [2.05, 4.69) is 10.6 Å². The number of phenolic OH excluding ortho intramolecular Hbond substituents is 2. The number of rotatable bonds is 6. The first-order valence-corrected chi connectivity index (χ1v) is 6.79. The highest BCUT2D eigenvalue weighted by Crippen LogP contribution is 2.22. The van der Waals surface area contributed by atoms with Crippen molar-refractivity contribution in [3.8, 4) is 11.5 Å². The van der Waals surface area contributed by atoms with Crippen molar-refractivity contribution in [2.75, 3.05) is 23.8 Å². The lowest BCUT2D eigenvalue weighted by Crippen LogP contribution is -2.24. The standard InChI is InChI=1S/C16H16N2O5/c19-13-7-3-1-5-11(13)17-15(21)9-23-10-16(22)18-12-6-2-4-8-14(12)20/h1-8,19-20H,9-10H2,(H,17,21)(H,18,22). The van der Waals surface area contributed by atoms with Gasteiger partial charge in [-0.15, -0.1) is 0 Å². The summed E-state index contributed by atoms with van der Waals surface area (Å²) in [6.45, 7) is -0.689. The summed E-state index contributed by atoms with van der Waals surface area (Å²) in [4.78, 5) is 23.3. The van der Waals surface area contributed by atoms with Crippen molar-refractivity contribution in [1.82, 2.24) is 0 Å². The number of benzene rings is 2. The number of phenols is 2. The summed E-state index contributed by atoms with van der Waals surface area (Å²) >= 11 is 0. The number of carbonyl (C=O) groups is 2. The van der Waals surface area contributed by atoms with Crippen molar-refractivity contribution < 1.29 is 24.5 Å². The zero-order chi connectivity index (χ0) is 16.7. The summed E-state index contributed by atoms with van der Waals surface area (Å²) < 4.78 is 4.99. The largest absolute Gasteiger partial charge is 0.506 e. The lowest BCUT2D eigenvalue weighted by molar-refractivity contribution is -0.125. The van der Waals surface area contributed by atoms with Crippen molar-refractivity contribution in [2.24, 2.45) is 0 Å². The van der Waals surface area contributed by atoms with Crippen molar-refractivity contribution in [2.45, 2.75) is 0 Å². The van der Waals surface area contributed by atoms with Crippen LogP contribution in [0.2, 0.25) is 0 Å². The van der Waals surface area contributed by atoms with E-state index in [1.54, 1.807) is 24.3 Å². The average Bonchev–Trinajstić information content (AvgIpc) is 2.52. The second-order valence-corrected chi connectivity index (χ2v) is 4.62. The monoisotopic (exact) mass is 316 g/mol. The van der Waals surface area contributed by atoms with E-state index >= 15 is 0 Å². The fourth-order valence-corrected chi connectivity index (χ4v) is 1.77. The molecule has 0 radical (unpaired) electrons. The number of hydrogen-bond donors (Lipinski definition) is 4. The number of aromatic hydroxyl groups is 2. The third-order valence-corrected chi connectivity index (χ3v) is 2.82. The van der Waals surface area contributed by atoms with E-state index in [9.17, 15) is 19.8 Å². The maximum atomic E-state index is 11.6. The van der Waals surface area contributed by atoms with Gasteiger partial charge in [-0.2, -0.15) is 0 Å². The molecule has 0 saturated heterocycles. The van der Waals surface area contributed by atoms with Crippen LogP contribution in [0.15, 0.2) is 48.5 Å². The third-order valence-electron chi connectivity index (χ3n) is 2.82. The van der Waals surface area contributed by atoms with E-state index in [-0.39, 0.29) is 36.1 Å². The molecule has 0 aromatic heterocycles. The average molecular weight is 316 g/mol. The molecule has 0 aliphatic rings. The van der Waals surface area contributed by atoms with Gasteiger partial charge in [-0.05, 0) is 24.3 Å². The van der Waals surface area contributed by atoms with Crippen molar-refractivity contribution in [3.63, 3.8) is 0 Å². The molecule has 0 saturated carbocycles. The molecule has 0 aliphatic carbocycles. The molecular weight excluding hydrogens is 300 g/mol. The molecule has 0 bridgehead atoms. The Balaban J connectivity index is 1.74. The Labute approximate surface area is 132 Å². The fraction of sp³-hybridized carbons (Fsp3) is 0.125. The Morgan fingerprint density at radius 2 is 1.17 bits per heavy atom. The molecule has 0 atom stereocenters. The molecule has 2 aromatic rings. The van der Waals surface area contributed by atoms with Crippen LogP contribution >= 0.6 is 0 Å². The zero-order valence-electron chi connectivity index (χ0n) is 12.2. The van der Waals surface area contributed by atoms with Gasteiger partial charge in [0.05, 0.1) is 11.4 Å². The third kappa shape index (κ3) is 5.01. The lowest BCUT2D eigenvalue weighted by atomic mass is 10.3. The highest BCUT2D eigenvalue weighted by molar-refractivity contribution is 5.94. The second-order valence-electron chi connectivity index (χ2n) is 4.62. The fourth-order valence-electron chi connectivity index (χ4n) is 1.77. The predicted molar refractivity (Wildman–Crippen MR) is 84.3 cm³/mol. The van der Waals surface area contributed by atoms with Crippen LogP contribution in [-0.4, -0.2) is 35.2 Å². The summed E-state index contributed by atoms with van der Waals surface area (Å²) in [5.41, 5.74) is 0.527. The van der Waals surface area contributed by atoms with E-state index in [0.717, 1.165) is 0 Å². The first kappa shape index (κ1) is 16.3. The highest BCUT2D eigenvalue weighted by atomic mass is 16.5. The van der Waals surface area contributed by atoms with Crippen LogP contribution < -0.4 is 10.6 Å². The molecule has 0 heterocycles. The maximum absolute atomic E-state index is 11.6. The summed E-state index contributed by atoms with van der Waals surface area (Å²) in [7, 11) is 0. The van der Waals surface area contributed by atoms with Crippen LogP contribution in [0, 0.1) is 0 Å². The van der Waals surface area contributed by atoms with E-state index in [0.29, 0.717) is 0 Å². The molecule has 7 nitrogen and oxygen atoms in total. The first-order chi connectivity index (χ1) is 11.1. The molecule has 23 heavy (non-hydrogen) atoms. The van der Waals surface area contributed by atoms with Gasteiger partial charge in [0.1, 0.15) is 24.7 Å². The molecule has 2 rings (SSSR count). The topological polar surface area (TPSA) is 108 Å². The molecule has 0 unspecified atom stereocenters. The minimum absolute atomic E-state index is 0.0573. The summed E-state index contributed by atoms with van der Waals surface area (Å²) in [5, 5.41) is 24.0. The molecule has 120 valence electrons. The summed E-state index contributed by atoms with van der Waals surface area (Å²) in [5.74, 6) is -1.11. The first-order valence-electron chi connectivity index (χ1n) is 6.79. The van der Waals surface area contributed by atoms with E-state index in [4.69, 9.17) is 4.74 Å². The minimum Gasteiger partial charge on any atom is -0.506 e. The number of ether oxygens (including phenoxy) is 1. The smallest absolute Gasteiger partial charge is 0.250 e. The van der Waals surface area contributed by atoms with Crippen LogP contribution in [0.25, 0.3) is 0 Å². The Hall–Kier alpha value is -3.06. The van der Waals surface area contributed by atoms with Gasteiger partial charge in [0.2, 0.25) is 11.8 Å². The Kier molecular flexibility index (Phi) is 5.54. The normalized spacial score (nSPS) is 10.1. The minimum atomic E-state index is -0.498. The van der Waals surface area contributed by atoms with Gasteiger partial charge >= 0.3 is 0 Å². The SMILES string of the molecule is O=C(COCC(=O)Nc1ccccc1O)Nc1ccccc1O. The van der Waals surface area contributed by atoms with E-state index < -0.39 is 11.8 Å². The van der Waals surface area contributed by atoms with Gasteiger partial charge < -0.3 is 25.6 Å². The molecule has 2 amide bonds. The molecule has 0 spiro atoms. The van der Waals surface area contributed by atoms with Crippen LogP contribution in [0.4, 0.5) is 11.4 Å². The highest BCUT2D eigenvalue weighted by Gasteiger charge is 2.09. The van der Waals surface area contributed by atoms with Crippen molar-refractivity contribution in [3.05, 3.63) is 48.5 Å². The van der Waals surface area contributed by atoms with Crippen LogP contribution in [0.1, 0.15) is 0 Å². The number of hydrogen-bond acceptors (Lipinski definition) is 5. The molecule has 4 N–H and O–H groups in total. The summed E-state index contributed by atoms with van der Waals surface area (Å²) in [6.07, 6.45) is 0. The Morgan fingerprint density at radius 1 is 0.783 bits per heavy atom. The van der Waals surface area contributed by atoms with Crippen molar-refractivity contribution >= 4 is 23.2 Å². The lowest BCUT2D eigenvalue weighted by Gasteiger charge is -2.09. The zero-order valence-corrected chi connectivity index (χ0v) is 12.2. The number of para-hydroxylation sites is 4. The quantitative estimate of drug-likeness (QED) is 0.607. The number of amides is 2. The second kappa shape index (κ2) is 7.81. The van der Waals surface area contributed by atoms with Gasteiger partial charge in [0.15, 0.2) is 0 Å². The van der Waals surface area contributed by atoms with Gasteiger partial charge in [0, 0.05) is 0 Å².